The van der Waals surface area contributed by atoms with Gasteiger partial charge in [0.15, 0.2) is 0 Å². The largest absolute Gasteiger partial charge is 0.302 e. The summed E-state index contributed by atoms with van der Waals surface area (Å²) in [4.78, 5) is 3.53. The lowest BCUT2D eigenvalue weighted by Crippen LogP contribution is -2.18. The Morgan fingerprint density at radius 3 is 2.83 bits per heavy atom. The molecule has 2 aromatic rings. The van der Waals surface area contributed by atoms with Crippen molar-refractivity contribution in [2.45, 2.75) is 13.0 Å². The Labute approximate surface area is 121 Å². The minimum Gasteiger partial charge on any atom is -0.302 e. The first-order valence-corrected chi connectivity index (χ1v) is 7.42. The molecule has 1 aromatic carbocycles. The Balaban J connectivity index is 2.44. The van der Waals surface area contributed by atoms with E-state index in [1.807, 2.05) is 12.1 Å². The maximum atomic E-state index is 6.36. The van der Waals surface area contributed by atoms with E-state index in [2.05, 4.69) is 18.5 Å². The maximum absolute atomic E-state index is 6.36. The lowest BCUT2D eigenvalue weighted by Gasteiger charge is -2.13. The monoisotopic (exact) mass is 297 g/mol. The van der Waals surface area contributed by atoms with Gasteiger partial charge in [0.05, 0.1) is 9.72 Å². The van der Waals surface area contributed by atoms with Crippen molar-refractivity contribution in [3.63, 3.8) is 0 Å². The lowest BCUT2D eigenvalue weighted by molar-refractivity contribution is 0.337. The summed E-state index contributed by atoms with van der Waals surface area (Å²) in [6.07, 6.45) is 2.90. The lowest BCUT2D eigenvalue weighted by atomic mass is 10.0. The van der Waals surface area contributed by atoms with E-state index in [4.69, 9.17) is 23.2 Å². The summed E-state index contributed by atoms with van der Waals surface area (Å²) in [5, 5.41) is 2.80. The normalized spacial score (nSPS) is 15.9. The van der Waals surface area contributed by atoms with Gasteiger partial charge in [-0.25, -0.2) is 0 Å². The van der Waals surface area contributed by atoms with Gasteiger partial charge < -0.3 is 4.90 Å². The fourth-order valence-corrected chi connectivity index (χ4v) is 4.34. The van der Waals surface area contributed by atoms with Gasteiger partial charge in [0.2, 0.25) is 0 Å². The van der Waals surface area contributed by atoms with Gasteiger partial charge in [-0.3, -0.25) is 0 Å². The molecule has 0 N–H and O–H groups in total. The summed E-state index contributed by atoms with van der Waals surface area (Å²) in [7, 11) is 2.14. The summed E-state index contributed by atoms with van der Waals surface area (Å²) in [6.45, 7) is 5.87. The molecule has 0 aliphatic carbocycles. The number of hydrogen-bond acceptors (Lipinski definition) is 2. The molecule has 0 saturated carbocycles. The molecule has 1 aliphatic heterocycles. The summed E-state index contributed by atoms with van der Waals surface area (Å²) in [6, 6.07) is 1.87. The zero-order chi connectivity index (χ0) is 12.9. The second-order valence-electron chi connectivity index (χ2n) is 4.66. The topological polar surface area (TPSA) is 3.24 Å². The Morgan fingerprint density at radius 1 is 1.33 bits per heavy atom. The van der Waals surface area contributed by atoms with E-state index in [1.165, 1.54) is 21.4 Å². The third kappa shape index (κ3) is 1.79. The molecule has 1 aromatic heterocycles. The molecule has 0 saturated heterocycles. The van der Waals surface area contributed by atoms with Gasteiger partial charge in [-0.2, -0.15) is 0 Å². The van der Waals surface area contributed by atoms with Gasteiger partial charge in [-0.1, -0.05) is 35.9 Å². The summed E-state index contributed by atoms with van der Waals surface area (Å²) < 4.78 is 1.15. The molecular formula is C14H13Cl2NS. The van der Waals surface area contributed by atoms with Crippen LogP contribution in [0.25, 0.3) is 16.2 Å². The predicted octanol–water partition coefficient (Wildman–Crippen LogP) is 4.84. The number of rotatable bonds is 1. The molecule has 18 heavy (non-hydrogen) atoms. The van der Waals surface area contributed by atoms with E-state index < -0.39 is 0 Å². The molecule has 2 heterocycles. The smallest absolute Gasteiger partial charge is 0.0599 e. The first kappa shape index (κ1) is 12.5. The first-order chi connectivity index (χ1) is 8.61. The average Bonchev–Trinajstić information content (AvgIpc) is 2.59. The molecule has 0 radical (unpaired) electrons. The Morgan fingerprint density at radius 2 is 2.11 bits per heavy atom. The molecule has 0 fully saturated rings. The number of halogens is 2. The molecule has 0 amide bonds. The highest BCUT2D eigenvalue weighted by Gasteiger charge is 2.22. The Kier molecular flexibility index (Phi) is 3.15. The molecule has 3 rings (SSSR count). The molecule has 1 nitrogen and oxygen atoms in total. The summed E-state index contributed by atoms with van der Waals surface area (Å²) in [5.74, 6) is 0. The summed E-state index contributed by atoms with van der Waals surface area (Å²) >= 11 is 14.4. The van der Waals surface area contributed by atoms with Crippen LogP contribution in [0.4, 0.5) is 0 Å². The second kappa shape index (κ2) is 4.53. The molecule has 4 heteroatoms. The SMILES string of the molecule is C=Cc1sc2c(Cl)cc(Cl)c3c2c1CN(C)CC3. The minimum atomic E-state index is 0.752. The highest BCUT2D eigenvalue weighted by atomic mass is 35.5. The van der Waals surface area contributed by atoms with Crippen LogP contribution in [0.5, 0.6) is 0 Å². The standard InChI is InChI=1S/C14H13Cl2NS/c1-3-12-9-7-17(2)5-4-8-10(15)6-11(16)14(18-12)13(8)9/h3,6H,1,4-5,7H2,2H3. The maximum Gasteiger partial charge on any atom is 0.0599 e. The first-order valence-electron chi connectivity index (χ1n) is 5.85. The van der Waals surface area contributed by atoms with Crippen LogP contribution in [0.15, 0.2) is 12.6 Å². The van der Waals surface area contributed by atoms with Crippen LogP contribution in [0, 0.1) is 0 Å². The van der Waals surface area contributed by atoms with Crippen LogP contribution >= 0.6 is 34.5 Å². The van der Waals surface area contributed by atoms with Crippen molar-refractivity contribution in [3.05, 3.63) is 38.7 Å². The van der Waals surface area contributed by atoms with Crippen LogP contribution in [0.3, 0.4) is 0 Å². The third-order valence-electron chi connectivity index (χ3n) is 3.46. The highest BCUT2D eigenvalue weighted by Crippen LogP contribution is 2.43. The second-order valence-corrected chi connectivity index (χ2v) is 6.53. The number of likely N-dealkylation sites (N-methyl/N-ethyl adjacent to an activating group) is 1. The van der Waals surface area contributed by atoms with Crippen molar-refractivity contribution in [3.8, 4) is 0 Å². The van der Waals surface area contributed by atoms with Gasteiger partial charge in [0.1, 0.15) is 0 Å². The molecule has 0 unspecified atom stereocenters. The fraction of sp³-hybridized carbons (Fsp3) is 0.286. The quantitative estimate of drug-likeness (QED) is 0.728. The van der Waals surface area contributed by atoms with E-state index in [9.17, 15) is 0 Å². The zero-order valence-electron chi connectivity index (χ0n) is 10.1. The number of hydrogen-bond donors (Lipinski definition) is 0. The number of thiophene rings is 1. The van der Waals surface area contributed by atoms with Crippen molar-refractivity contribution < 1.29 is 0 Å². The molecule has 0 bridgehead atoms. The predicted molar refractivity (Wildman–Crippen MR) is 82.0 cm³/mol. The Bertz CT molecular complexity index is 645. The van der Waals surface area contributed by atoms with Gasteiger partial charge in [-0.05, 0) is 30.7 Å². The van der Waals surface area contributed by atoms with E-state index >= 15 is 0 Å². The van der Waals surface area contributed by atoms with Crippen LogP contribution in [0.1, 0.15) is 16.0 Å². The van der Waals surface area contributed by atoms with Gasteiger partial charge in [0.25, 0.3) is 0 Å². The molecular weight excluding hydrogens is 285 g/mol. The van der Waals surface area contributed by atoms with Crippen LogP contribution < -0.4 is 0 Å². The van der Waals surface area contributed by atoms with E-state index in [1.54, 1.807) is 11.3 Å². The average molecular weight is 298 g/mol. The molecule has 94 valence electrons. The van der Waals surface area contributed by atoms with Gasteiger partial charge in [0, 0.05) is 28.4 Å². The van der Waals surface area contributed by atoms with Crippen LogP contribution in [0.2, 0.25) is 10.0 Å². The Hall–Kier alpha value is -0.540. The van der Waals surface area contributed by atoms with Crippen LogP contribution in [-0.4, -0.2) is 18.5 Å². The van der Waals surface area contributed by atoms with E-state index in [0.29, 0.717) is 0 Å². The van der Waals surface area contributed by atoms with Crippen molar-refractivity contribution >= 4 is 50.7 Å². The van der Waals surface area contributed by atoms with Gasteiger partial charge in [-0.15, -0.1) is 11.3 Å². The molecule has 1 aliphatic rings. The molecule has 0 spiro atoms. The van der Waals surface area contributed by atoms with Crippen molar-refractivity contribution in [1.29, 1.82) is 0 Å². The van der Waals surface area contributed by atoms with Crippen molar-refractivity contribution in [2.24, 2.45) is 0 Å². The fourth-order valence-electron chi connectivity index (χ4n) is 2.57. The number of nitrogens with zero attached hydrogens (tertiary/aromatic N) is 1. The highest BCUT2D eigenvalue weighted by molar-refractivity contribution is 7.20. The van der Waals surface area contributed by atoms with Crippen molar-refractivity contribution in [2.75, 3.05) is 13.6 Å². The van der Waals surface area contributed by atoms with E-state index in [0.717, 1.165) is 34.3 Å². The zero-order valence-corrected chi connectivity index (χ0v) is 12.4. The van der Waals surface area contributed by atoms with Crippen molar-refractivity contribution in [1.82, 2.24) is 4.90 Å². The molecule has 0 atom stereocenters. The van der Waals surface area contributed by atoms with E-state index in [-0.39, 0.29) is 0 Å². The number of benzene rings is 1. The third-order valence-corrected chi connectivity index (χ3v) is 5.46. The van der Waals surface area contributed by atoms with Gasteiger partial charge >= 0.3 is 0 Å². The minimum absolute atomic E-state index is 0.752. The van der Waals surface area contributed by atoms with Crippen LogP contribution in [-0.2, 0) is 13.0 Å². The summed E-state index contributed by atoms with van der Waals surface area (Å²) in [5.41, 5.74) is 2.56.